The second kappa shape index (κ2) is 14.3. The molecule has 9 aromatic rings. The van der Waals surface area contributed by atoms with Crippen LogP contribution in [0.4, 0.5) is 17.1 Å². The summed E-state index contributed by atoms with van der Waals surface area (Å²) < 4.78 is 114. The summed E-state index contributed by atoms with van der Waals surface area (Å²) in [5.74, 6) is 0. The maximum absolute atomic E-state index is 9.83. The first-order chi connectivity index (χ1) is 31.3. The highest BCUT2D eigenvalue weighted by atomic mass is 15.1. The van der Waals surface area contributed by atoms with Crippen LogP contribution in [0.15, 0.2) is 224 Å². The molecule has 0 unspecified atom stereocenters. The highest BCUT2D eigenvalue weighted by molar-refractivity contribution is 5.97. The molecule has 0 bridgehead atoms. The molecular formula is C52H37N. The van der Waals surface area contributed by atoms with E-state index in [1.807, 2.05) is 84.9 Å². The highest BCUT2D eigenvalue weighted by Gasteiger charge is 2.16. The van der Waals surface area contributed by atoms with Crippen molar-refractivity contribution in [1.82, 2.24) is 0 Å². The largest absolute Gasteiger partial charge is 0.310 e. The van der Waals surface area contributed by atoms with E-state index in [0.29, 0.717) is 22.1 Å². The van der Waals surface area contributed by atoms with Gasteiger partial charge in [0, 0.05) is 17.1 Å². The summed E-state index contributed by atoms with van der Waals surface area (Å²) in [5.41, 5.74) is 2.49. The van der Waals surface area contributed by atoms with Crippen LogP contribution in [0.2, 0.25) is 0 Å². The van der Waals surface area contributed by atoms with Crippen LogP contribution in [0.1, 0.15) is 16.4 Å². The third-order valence-corrected chi connectivity index (χ3v) is 9.06. The van der Waals surface area contributed by atoms with Crippen molar-refractivity contribution in [1.29, 1.82) is 0 Å². The molecule has 0 saturated heterocycles. The Morgan fingerprint density at radius 3 is 1.34 bits per heavy atom. The first-order valence-electron chi connectivity index (χ1n) is 23.2. The van der Waals surface area contributed by atoms with Gasteiger partial charge in [0.25, 0.3) is 0 Å². The predicted molar refractivity (Wildman–Crippen MR) is 226 cm³/mol. The summed E-state index contributed by atoms with van der Waals surface area (Å²) in [4.78, 5) is 0.895. The minimum atomic E-state index is -0.725. The molecule has 0 heterocycles. The lowest BCUT2D eigenvalue weighted by atomic mass is 9.93. The van der Waals surface area contributed by atoms with Gasteiger partial charge >= 0.3 is 0 Å². The second-order valence-electron chi connectivity index (χ2n) is 12.4. The molecule has 250 valence electrons. The number of fused-ring (bicyclic) bond motifs is 1. The van der Waals surface area contributed by atoms with E-state index in [1.54, 1.807) is 66.7 Å². The van der Waals surface area contributed by atoms with Crippen LogP contribution in [0.5, 0.6) is 0 Å². The summed E-state index contributed by atoms with van der Waals surface area (Å²) in [6.07, 6.45) is 0. The quantitative estimate of drug-likeness (QED) is 0.154. The second-order valence-corrected chi connectivity index (χ2v) is 12.4. The lowest BCUT2D eigenvalue weighted by Gasteiger charge is -2.26. The molecule has 0 radical (unpaired) electrons. The van der Waals surface area contributed by atoms with E-state index in [-0.39, 0.29) is 16.7 Å². The normalized spacial score (nSPS) is 14.2. The van der Waals surface area contributed by atoms with Gasteiger partial charge in [0.15, 0.2) is 0 Å². The molecule has 9 rings (SSSR count). The molecule has 0 aromatic heterocycles. The summed E-state index contributed by atoms with van der Waals surface area (Å²) in [5, 5.41) is 1.39. The Hall–Kier alpha value is -6.96. The fraction of sp³-hybridized carbons (Fsp3) is 0. The number of benzene rings is 9. The van der Waals surface area contributed by atoms with E-state index >= 15 is 0 Å². The molecule has 1 nitrogen and oxygen atoms in total. The zero-order valence-corrected chi connectivity index (χ0v) is 28.4. The molecule has 0 aliphatic rings. The van der Waals surface area contributed by atoms with E-state index < -0.39 is 89.6 Å². The molecule has 0 amide bonds. The lowest BCUT2D eigenvalue weighted by molar-refractivity contribution is 1.28. The minimum Gasteiger partial charge on any atom is -0.310 e. The van der Waals surface area contributed by atoms with Gasteiger partial charge in [0.1, 0.15) is 0 Å². The molecule has 0 atom stereocenters. The van der Waals surface area contributed by atoms with Crippen LogP contribution in [0.25, 0.3) is 66.4 Å². The first-order valence-corrected chi connectivity index (χ1v) is 17.2. The fourth-order valence-corrected chi connectivity index (χ4v) is 6.45. The van der Waals surface area contributed by atoms with Gasteiger partial charge in [-0.25, -0.2) is 0 Å². The van der Waals surface area contributed by atoms with E-state index in [9.17, 15) is 13.7 Å². The minimum absolute atomic E-state index is 0.0388. The topological polar surface area (TPSA) is 3.24 Å². The van der Waals surface area contributed by atoms with Crippen molar-refractivity contribution in [2.45, 2.75) is 0 Å². The Kier molecular flexibility index (Phi) is 5.80. The van der Waals surface area contributed by atoms with Gasteiger partial charge in [-0.05, 0) is 121 Å². The zero-order valence-electron chi connectivity index (χ0n) is 40.4. The third-order valence-electron chi connectivity index (χ3n) is 9.06. The summed E-state index contributed by atoms with van der Waals surface area (Å²) in [7, 11) is 0. The van der Waals surface area contributed by atoms with Crippen LogP contribution < -0.4 is 4.90 Å². The van der Waals surface area contributed by atoms with Gasteiger partial charge < -0.3 is 4.90 Å². The fourth-order valence-electron chi connectivity index (χ4n) is 6.45. The van der Waals surface area contributed by atoms with Gasteiger partial charge in [0.05, 0.1) is 16.4 Å². The van der Waals surface area contributed by atoms with Gasteiger partial charge in [-0.1, -0.05) is 170 Å². The monoisotopic (exact) mass is 687 g/mol. The summed E-state index contributed by atoms with van der Waals surface area (Å²) >= 11 is 0. The Morgan fingerprint density at radius 2 is 0.774 bits per heavy atom. The maximum Gasteiger partial charge on any atom is 0.0651 e. The van der Waals surface area contributed by atoms with Crippen molar-refractivity contribution in [3.8, 4) is 55.6 Å². The lowest BCUT2D eigenvalue weighted by Crippen LogP contribution is -2.10. The molecule has 9 aromatic carbocycles. The number of nitrogens with zero attached hydrogens (tertiary/aromatic N) is 1. The van der Waals surface area contributed by atoms with Crippen LogP contribution >= 0.6 is 0 Å². The Labute approximate surface area is 328 Å². The number of hydrogen-bond acceptors (Lipinski definition) is 1. The maximum atomic E-state index is 9.83. The Morgan fingerprint density at radius 1 is 0.321 bits per heavy atom. The smallest absolute Gasteiger partial charge is 0.0651 e. The van der Waals surface area contributed by atoms with E-state index in [2.05, 4.69) is 0 Å². The molecule has 0 N–H and O–H groups in total. The van der Waals surface area contributed by atoms with E-state index in [0.717, 1.165) is 32.5 Å². The Bertz CT molecular complexity index is 3220. The van der Waals surface area contributed by atoms with Crippen LogP contribution in [-0.2, 0) is 0 Å². The molecule has 0 saturated carbocycles. The molecule has 1 heteroatoms. The average Bonchev–Trinajstić information content (AvgIpc) is 3.33. The molecule has 0 aliphatic carbocycles. The third kappa shape index (κ3) is 6.65. The standard InChI is InChI=1S/C52H37N/c1-4-14-38(15-5-1)41-26-30-48(31-27-41)53(50-23-12-22-44(37-50)52-25-13-21-43-20-10-11-24-51(43)52)49-32-28-42(29-33-49)47-35-45(39-16-6-2-7-17-39)34-46(36-47)40-18-8-3-9-19-40/h1-37H/i12D,22D,23D,26D,27D,28D,29D,30D,31D,32D,33D,37D. The van der Waals surface area contributed by atoms with Gasteiger partial charge in [-0.3, -0.25) is 0 Å². The van der Waals surface area contributed by atoms with Crippen molar-refractivity contribution in [3.63, 3.8) is 0 Å². The number of hydrogen-bond donors (Lipinski definition) is 0. The SMILES string of the molecule is [2H]c1c([2H])c(-c2cccc3ccccc23)c([2H])c(N(c2c([2H])c([2H])c(-c3ccccc3)c([2H])c2[2H])c2c([2H])c([2H])c(-c3cc(-c4ccccc4)cc(-c4ccccc4)c3)c([2H])c2[2H])c1[2H]. The first kappa shape index (κ1) is 21.4. The van der Waals surface area contributed by atoms with Crippen LogP contribution in [0.3, 0.4) is 0 Å². The van der Waals surface area contributed by atoms with Gasteiger partial charge in [-0.15, -0.1) is 0 Å². The summed E-state index contributed by atoms with van der Waals surface area (Å²) in [6.45, 7) is 0. The summed E-state index contributed by atoms with van der Waals surface area (Å²) in [6, 6.07) is 38.5. The van der Waals surface area contributed by atoms with Gasteiger partial charge in [-0.2, -0.15) is 0 Å². The Balaban J connectivity index is 1.38. The van der Waals surface area contributed by atoms with Gasteiger partial charge in [0.2, 0.25) is 0 Å². The van der Waals surface area contributed by atoms with Crippen molar-refractivity contribution in [3.05, 3.63) is 224 Å². The van der Waals surface area contributed by atoms with Crippen LogP contribution in [-0.4, -0.2) is 0 Å². The van der Waals surface area contributed by atoms with Crippen LogP contribution in [0, 0.1) is 0 Å². The molecule has 0 spiro atoms. The zero-order chi connectivity index (χ0) is 45.8. The van der Waals surface area contributed by atoms with E-state index in [4.69, 9.17) is 2.74 Å². The molecule has 0 aliphatic heterocycles. The highest BCUT2D eigenvalue weighted by Crippen LogP contribution is 2.40. The predicted octanol–water partition coefficient (Wildman–Crippen LogP) is 14.6. The van der Waals surface area contributed by atoms with Crippen molar-refractivity contribution in [2.24, 2.45) is 0 Å². The molecule has 53 heavy (non-hydrogen) atoms. The molecule has 0 fully saturated rings. The number of anilines is 3. The number of rotatable bonds is 8. The molecular weight excluding hydrogens is 639 g/mol. The van der Waals surface area contributed by atoms with Crippen molar-refractivity contribution in [2.75, 3.05) is 4.90 Å². The van der Waals surface area contributed by atoms with Crippen molar-refractivity contribution >= 4 is 27.8 Å². The average molecular weight is 688 g/mol. The van der Waals surface area contributed by atoms with Crippen molar-refractivity contribution < 1.29 is 16.4 Å². The van der Waals surface area contributed by atoms with E-state index in [1.165, 1.54) is 0 Å².